The van der Waals surface area contributed by atoms with Gasteiger partial charge in [0.15, 0.2) is 24.8 Å². The molecule has 0 atom stereocenters. The number of rotatable bonds is 11. The van der Waals surface area contributed by atoms with Gasteiger partial charge in [-0.15, -0.1) is 11.3 Å². The zero-order chi connectivity index (χ0) is 35.1. The number of carbonyl (C=O) groups excluding carboxylic acids is 2. The molecule has 0 bridgehead atoms. The Morgan fingerprint density at radius 2 is 1.28 bits per heavy atom. The summed E-state index contributed by atoms with van der Waals surface area (Å²) in [5.41, 5.74) is 3.23. The second-order valence-corrected chi connectivity index (χ2v) is 19.6. The Morgan fingerprint density at radius 1 is 0.783 bits per heavy atom. The summed E-state index contributed by atoms with van der Waals surface area (Å²) in [6.07, 6.45) is 0.968. The third kappa shape index (κ3) is 9.85. The van der Waals surface area contributed by atoms with E-state index in [1.165, 1.54) is 39.0 Å². The number of hydrogen-bond acceptors (Lipinski definition) is 8. The van der Waals surface area contributed by atoms with Crippen LogP contribution < -0.4 is 10.6 Å². The van der Waals surface area contributed by atoms with Gasteiger partial charge in [-0.05, 0) is 75.8 Å². The molecule has 3 rings (SSSR count). The van der Waals surface area contributed by atoms with Crippen LogP contribution in [0.3, 0.4) is 0 Å². The van der Waals surface area contributed by atoms with Crippen molar-refractivity contribution in [3.63, 3.8) is 0 Å². The highest BCUT2D eigenvalue weighted by Gasteiger charge is 2.42. The van der Waals surface area contributed by atoms with Crippen LogP contribution in [0.4, 0.5) is 10.8 Å². The van der Waals surface area contributed by atoms with Crippen LogP contribution in [-0.2, 0) is 34.7 Å². The first-order valence-electron chi connectivity index (χ1n) is 15.0. The van der Waals surface area contributed by atoms with Crippen LogP contribution in [0.2, 0.25) is 5.02 Å². The highest BCUT2D eigenvalue weighted by Crippen LogP contribution is 2.29. The van der Waals surface area contributed by atoms with Crippen molar-refractivity contribution in [2.75, 3.05) is 22.1 Å². The standard InChI is InChI=1S/C17H27NO3S.C16H19ClN2O3S2/c1-7-11-22(20,21)17(5,6)15(19)18-14-10-8-9-13(12-14)16(2,3)4;1-4-9-24(21,22)16(2,3)14(20)19-15-18-13(10-23-15)11-5-7-12(17)8-6-11/h8-10,12H,7,11H2,1-6H3,(H,18,19);5-8,10H,4,9H2,1-3H3,(H,18,19,20). The number of nitrogens with one attached hydrogen (secondary N) is 2. The van der Waals surface area contributed by atoms with Crippen LogP contribution in [0.1, 0.15) is 80.7 Å². The fourth-order valence-corrected chi connectivity index (χ4v) is 7.61. The molecule has 13 heteroatoms. The van der Waals surface area contributed by atoms with Crippen LogP contribution in [0.5, 0.6) is 0 Å². The van der Waals surface area contributed by atoms with Crippen molar-refractivity contribution >= 4 is 65.2 Å². The van der Waals surface area contributed by atoms with Gasteiger partial charge < -0.3 is 10.6 Å². The molecule has 0 fully saturated rings. The lowest BCUT2D eigenvalue weighted by molar-refractivity contribution is -0.118. The molecule has 2 amide bonds. The maximum atomic E-state index is 12.4. The monoisotopic (exact) mass is 711 g/mol. The second kappa shape index (κ2) is 15.4. The van der Waals surface area contributed by atoms with Crippen LogP contribution in [-0.4, -0.2) is 54.6 Å². The van der Waals surface area contributed by atoms with Gasteiger partial charge in [0.1, 0.15) is 9.49 Å². The molecule has 0 aliphatic heterocycles. The maximum Gasteiger partial charge on any atom is 0.247 e. The third-order valence-corrected chi connectivity index (χ3v) is 13.8. The summed E-state index contributed by atoms with van der Waals surface area (Å²) < 4.78 is 46.1. The number of thiazole rings is 1. The smallest absolute Gasteiger partial charge is 0.247 e. The normalized spacial score (nSPS) is 12.6. The number of anilines is 2. The number of benzene rings is 2. The molecule has 0 unspecified atom stereocenters. The number of carbonyl (C=O) groups is 2. The summed E-state index contributed by atoms with van der Waals surface area (Å²) in [5.74, 6) is -1.09. The Kier molecular flexibility index (Phi) is 13.2. The topological polar surface area (TPSA) is 139 Å². The molecule has 9 nitrogen and oxygen atoms in total. The van der Waals surface area contributed by atoms with Gasteiger partial charge in [-0.3, -0.25) is 9.59 Å². The molecule has 1 aromatic heterocycles. The molecule has 0 saturated heterocycles. The number of nitrogens with zero attached hydrogens (tertiary/aromatic N) is 1. The van der Waals surface area contributed by atoms with E-state index in [2.05, 4.69) is 36.4 Å². The van der Waals surface area contributed by atoms with Gasteiger partial charge in [-0.2, -0.15) is 0 Å². The lowest BCUT2D eigenvalue weighted by Gasteiger charge is -2.24. The van der Waals surface area contributed by atoms with Crippen molar-refractivity contribution < 1.29 is 26.4 Å². The van der Waals surface area contributed by atoms with Crippen molar-refractivity contribution in [1.82, 2.24) is 4.98 Å². The average molecular weight is 712 g/mol. The molecule has 0 saturated carbocycles. The molecule has 2 N–H and O–H groups in total. The first-order chi connectivity index (χ1) is 21.1. The van der Waals surface area contributed by atoms with E-state index < -0.39 is 41.0 Å². The Balaban J connectivity index is 0.000000322. The van der Waals surface area contributed by atoms with Gasteiger partial charge in [0.05, 0.1) is 17.2 Å². The average Bonchev–Trinajstić information content (AvgIpc) is 3.41. The van der Waals surface area contributed by atoms with Gasteiger partial charge in [0, 0.05) is 21.7 Å². The molecule has 0 aliphatic rings. The SMILES string of the molecule is CCCS(=O)(=O)C(C)(C)C(=O)Nc1cccc(C(C)(C)C)c1.CCCS(=O)(=O)C(C)(C)C(=O)Nc1nc(-c2ccc(Cl)cc2)cs1. The largest absolute Gasteiger partial charge is 0.325 e. The minimum Gasteiger partial charge on any atom is -0.325 e. The Labute approximate surface area is 283 Å². The van der Waals surface area contributed by atoms with Crippen molar-refractivity contribution in [3.8, 4) is 11.3 Å². The molecule has 3 aromatic rings. The molecule has 2 aromatic carbocycles. The molecular weight excluding hydrogens is 666 g/mol. The molecular formula is C33H46ClN3O6S3. The molecule has 46 heavy (non-hydrogen) atoms. The summed E-state index contributed by atoms with van der Waals surface area (Å²) in [6, 6.07) is 14.7. The van der Waals surface area contributed by atoms with Crippen molar-refractivity contribution in [2.24, 2.45) is 0 Å². The highest BCUT2D eigenvalue weighted by molar-refractivity contribution is 7.93. The third-order valence-electron chi connectivity index (χ3n) is 7.45. The quantitative estimate of drug-likeness (QED) is 0.210. The van der Waals surface area contributed by atoms with Crippen LogP contribution >= 0.6 is 22.9 Å². The first-order valence-corrected chi connectivity index (χ1v) is 19.5. The minimum absolute atomic E-state index is 0.00938. The second-order valence-electron chi connectivity index (χ2n) is 12.9. The van der Waals surface area contributed by atoms with Gasteiger partial charge >= 0.3 is 0 Å². The maximum absolute atomic E-state index is 12.4. The summed E-state index contributed by atoms with van der Waals surface area (Å²) in [6.45, 7) is 15.6. The van der Waals surface area contributed by atoms with E-state index >= 15 is 0 Å². The van der Waals surface area contributed by atoms with Gasteiger partial charge in [-0.25, -0.2) is 21.8 Å². The Bertz CT molecular complexity index is 1720. The zero-order valence-electron chi connectivity index (χ0n) is 28.0. The predicted octanol–water partition coefficient (Wildman–Crippen LogP) is 7.53. The number of hydrogen-bond donors (Lipinski definition) is 2. The number of amides is 2. The fourth-order valence-electron chi connectivity index (χ4n) is 4.01. The van der Waals surface area contributed by atoms with Crippen molar-refractivity contribution in [3.05, 3.63) is 64.5 Å². The summed E-state index contributed by atoms with van der Waals surface area (Å²) in [5, 5.41) is 8.15. The van der Waals surface area contributed by atoms with E-state index in [0.717, 1.165) is 11.1 Å². The van der Waals surface area contributed by atoms with Crippen molar-refractivity contribution in [1.29, 1.82) is 0 Å². The van der Waals surface area contributed by atoms with E-state index in [1.807, 2.05) is 30.3 Å². The van der Waals surface area contributed by atoms with Crippen LogP contribution in [0.25, 0.3) is 11.3 Å². The Hall–Kier alpha value is -2.80. The fraction of sp³-hybridized carbons (Fsp3) is 0.485. The minimum atomic E-state index is -3.53. The number of aromatic nitrogens is 1. The Morgan fingerprint density at radius 3 is 1.76 bits per heavy atom. The van der Waals surface area contributed by atoms with E-state index in [0.29, 0.717) is 34.4 Å². The van der Waals surface area contributed by atoms with E-state index in [1.54, 1.807) is 37.4 Å². The molecule has 0 radical (unpaired) electrons. The predicted molar refractivity (Wildman–Crippen MR) is 191 cm³/mol. The van der Waals surface area contributed by atoms with Gasteiger partial charge in [0.2, 0.25) is 11.8 Å². The van der Waals surface area contributed by atoms with Crippen LogP contribution in [0.15, 0.2) is 53.9 Å². The number of halogens is 1. The summed E-state index contributed by atoms with van der Waals surface area (Å²) in [4.78, 5) is 29.2. The molecule has 254 valence electrons. The summed E-state index contributed by atoms with van der Waals surface area (Å²) >= 11 is 7.11. The lowest BCUT2D eigenvalue weighted by Crippen LogP contribution is -2.45. The van der Waals surface area contributed by atoms with Crippen LogP contribution in [0, 0.1) is 0 Å². The van der Waals surface area contributed by atoms with Gasteiger partial charge in [0.25, 0.3) is 0 Å². The van der Waals surface area contributed by atoms with Crippen molar-refractivity contribution in [2.45, 2.75) is 90.1 Å². The first kappa shape index (κ1) is 39.4. The molecule has 0 aliphatic carbocycles. The van der Waals surface area contributed by atoms with E-state index in [9.17, 15) is 26.4 Å². The zero-order valence-corrected chi connectivity index (χ0v) is 31.2. The molecule has 1 heterocycles. The highest BCUT2D eigenvalue weighted by atomic mass is 35.5. The molecule has 0 spiro atoms. The van der Waals surface area contributed by atoms with E-state index in [4.69, 9.17) is 11.6 Å². The lowest BCUT2D eigenvalue weighted by atomic mass is 9.87. The van der Waals surface area contributed by atoms with E-state index in [-0.39, 0.29) is 16.9 Å². The number of sulfone groups is 2. The van der Waals surface area contributed by atoms with Gasteiger partial charge in [-0.1, -0.05) is 70.5 Å². The summed E-state index contributed by atoms with van der Waals surface area (Å²) in [7, 11) is -7.01.